The first-order chi connectivity index (χ1) is 8.02. The van der Waals surface area contributed by atoms with Gasteiger partial charge in [-0.3, -0.25) is 4.79 Å². The highest BCUT2D eigenvalue weighted by Crippen LogP contribution is 2.25. The number of alkyl halides is 1. The van der Waals surface area contributed by atoms with E-state index in [2.05, 4.69) is 42.0 Å². The maximum absolute atomic E-state index is 12.0. The van der Waals surface area contributed by atoms with E-state index in [4.69, 9.17) is 0 Å². The van der Waals surface area contributed by atoms with Gasteiger partial charge in [0.2, 0.25) is 5.91 Å². The number of carbonyl (C=O) groups is 1. The molecule has 0 radical (unpaired) electrons. The van der Waals surface area contributed by atoms with E-state index in [0.29, 0.717) is 17.9 Å². The number of amides is 1. The van der Waals surface area contributed by atoms with Crippen LogP contribution in [0.2, 0.25) is 0 Å². The first kappa shape index (κ1) is 15.0. The minimum atomic E-state index is -0.0595. The number of rotatable bonds is 4. The van der Waals surface area contributed by atoms with E-state index >= 15 is 0 Å². The largest absolute Gasteiger partial charge is 0.352 e. The molecular weight excluding hydrogens is 278 g/mol. The predicted octanol–water partition coefficient (Wildman–Crippen LogP) is 3.88. The van der Waals surface area contributed by atoms with Crippen molar-refractivity contribution < 1.29 is 4.79 Å². The molecule has 17 heavy (non-hydrogen) atoms. The van der Waals surface area contributed by atoms with E-state index in [1.165, 1.54) is 38.5 Å². The molecule has 1 aliphatic rings. The van der Waals surface area contributed by atoms with Crippen LogP contribution in [0.3, 0.4) is 0 Å². The lowest BCUT2D eigenvalue weighted by Crippen LogP contribution is -2.43. The van der Waals surface area contributed by atoms with E-state index in [0.717, 1.165) is 0 Å². The molecular formula is C14H26BrNO. The molecule has 1 N–H and O–H groups in total. The number of carbonyl (C=O) groups excluding carboxylic acids is 1. The predicted molar refractivity (Wildman–Crippen MR) is 76.3 cm³/mol. The summed E-state index contributed by atoms with van der Waals surface area (Å²) in [6, 6.07) is 0.319. The van der Waals surface area contributed by atoms with E-state index in [-0.39, 0.29) is 10.7 Å². The fourth-order valence-corrected chi connectivity index (χ4v) is 2.67. The third kappa shape index (κ3) is 4.99. The maximum Gasteiger partial charge on any atom is 0.234 e. The summed E-state index contributed by atoms with van der Waals surface area (Å²) in [5.41, 5.74) is 0. The second kappa shape index (κ2) is 7.40. The summed E-state index contributed by atoms with van der Waals surface area (Å²) < 4.78 is 0. The van der Waals surface area contributed by atoms with Crippen LogP contribution in [0.5, 0.6) is 0 Å². The molecule has 2 nitrogen and oxygen atoms in total. The lowest BCUT2D eigenvalue weighted by molar-refractivity contribution is -0.122. The summed E-state index contributed by atoms with van der Waals surface area (Å²) in [4.78, 5) is 11.9. The zero-order valence-electron chi connectivity index (χ0n) is 11.3. The van der Waals surface area contributed by atoms with Crippen LogP contribution in [0.25, 0.3) is 0 Å². The third-order valence-corrected chi connectivity index (χ3v) is 5.29. The fourth-order valence-electron chi connectivity index (χ4n) is 2.54. The zero-order valence-corrected chi connectivity index (χ0v) is 12.9. The smallest absolute Gasteiger partial charge is 0.234 e. The normalized spacial score (nSPS) is 21.9. The van der Waals surface area contributed by atoms with Crippen molar-refractivity contribution in [2.75, 3.05) is 0 Å². The number of nitrogens with one attached hydrogen (secondary N) is 1. The summed E-state index contributed by atoms with van der Waals surface area (Å²) in [6.45, 7) is 6.29. The van der Waals surface area contributed by atoms with E-state index < -0.39 is 0 Å². The van der Waals surface area contributed by atoms with Crippen molar-refractivity contribution in [3.63, 3.8) is 0 Å². The molecule has 2 atom stereocenters. The molecule has 0 bridgehead atoms. The molecule has 1 aliphatic carbocycles. The van der Waals surface area contributed by atoms with Crippen LogP contribution < -0.4 is 5.32 Å². The lowest BCUT2D eigenvalue weighted by Gasteiger charge is -2.25. The Morgan fingerprint density at radius 1 is 1.12 bits per heavy atom. The molecule has 100 valence electrons. The molecule has 1 saturated carbocycles. The molecule has 1 amide bonds. The van der Waals surface area contributed by atoms with Gasteiger partial charge in [-0.15, -0.1) is 0 Å². The molecule has 0 saturated heterocycles. The summed E-state index contributed by atoms with van der Waals surface area (Å²) in [5, 5.41) is 3.17. The van der Waals surface area contributed by atoms with Gasteiger partial charge in [0, 0.05) is 6.04 Å². The summed E-state index contributed by atoms with van der Waals surface area (Å²) >= 11 is 3.46. The van der Waals surface area contributed by atoms with Crippen molar-refractivity contribution in [2.45, 2.75) is 70.2 Å². The molecule has 1 rings (SSSR count). The monoisotopic (exact) mass is 303 g/mol. The third-order valence-electron chi connectivity index (χ3n) is 3.81. The standard InChI is InChI=1S/C14H26BrNO/c1-10(2)13(15)14(17)16-11(3)12-8-6-4-5-7-9-12/h10-13H,4-9H2,1-3H3,(H,16,17)/t11-,13?/m0/s1. The van der Waals surface area contributed by atoms with Gasteiger partial charge in [0.25, 0.3) is 0 Å². The van der Waals surface area contributed by atoms with Crippen molar-refractivity contribution in [3.05, 3.63) is 0 Å². The fraction of sp³-hybridized carbons (Fsp3) is 0.929. The molecule has 0 aromatic heterocycles. The highest BCUT2D eigenvalue weighted by molar-refractivity contribution is 9.10. The Morgan fingerprint density at radius 2 is 1.65 bits per heavy atom. The summed E-state index contributed by atoms with van der Waals surface area (Å²) in [6.07, 6.45) is 7.93. The van der Waals surface area contributed by atoms with Crippen LogP contribution in [0.15, 0.2) is 0 Å². The quantitative estimate of drug-likeness (QED) is 0.620. The number of hydrogen-bond donors (Lipinski definition) is 1. The molecule has 0 heterocycles. The van der Waals surface area contributed by atoms with Gasteiger partial charge in [-0.2, -0.15) is 0 Å². The first-order valence-corrected chi connectivity index (χ1v) is 7.88. The second-order valence-corrected chi connectivity index (χ2v) is 6.68. The molecule has 0 spiro atoms. The van der Waals surface area contributed by atoms with E-state index in [1.807, 2.05) is 0 Å². The van der Waals surface area contributed by atoms with Crippen molar-refractivity contribution in [1.29, 1.82) is 0 Å². The van der Waals surface area contributed by atoms with Crippen LogP contribution in [0.4, 0.5) is 0 Å². The maximum atomic E-state index is 12.0. The van der Waals surface area contributed by atoms with Gasteiger partial charge in [0.15, 0.2) is 0 Å². The minimum Gasteiger partial charge on any atom is -0.352 e. The van der Waals surface area contributed by atoms with Crippen LogP contribution in [0, 0.1) is 11.8 Å². The Labute approximate surface area is 114 Å². The lowest BCUT2D eigenvalue weighted by atomic mass is 9.93. The molecule has 0 aromatic carbocycles. The topological polar surface area (TPSA) is 29.1 Å². The molecule has 0 aliphatic heterocycles. The Balaban J connectivity index is 2.41. The highest BCUT2D eigenvalue weighted by Gasteiger charge is 2.24. The average molecular weight is 304 g/mol. The van der Waals surface area contributed by atoms with Crippen LogP contribution in [0.1, 0.15) is 59.3 Å². The Kier molecular flexibility index (Phi) is 6.53. The van der Waals surface area contributed by atoms with Gasteiger partial charge in [-0.1, -0.05) is 55.5 Å². The SMILES string of the molecule is CC(C)C(Br)C(=O)N[C@@H](C)C1CCCCCC1. The van der Waals surface area contributed by atoms with Crippen LogP contribution >= 0.6 is 15.9 Å². The average Bonchev–Trinajstić information content (AvgIpc) is 2.56. The summed E-state index contributed by atoms with van der Waals surface area (Å²) in [7, 11) is 0. The number of halogens is 1. The van der Waals surface area contributed by atoms with Crippen molar-refractivity contribution in [2.24, 2.45) is 11.8 Å². The highest BCUT2D eigenvalue weighted by atomic mass is 79.9. The van der Waals surface area contributed by atoms with Gasteiger partial charge in [-0.25, -0.2) is 0 Å². The van der Waals surface area contributed by atoms with Gasteiger partial charge in [0.1, 0.15) is 0 Å². The van der Waals surface area contributed by atoms with Crippen molar-refractivity contribution in [1.82, 2.24) is 5.32 Å². The molecule has 3 heteroatoms. The van der Waals surface area contributed by atoms with Crippen LogP contribution in [-0.4, -0.2) is 16.8 Å². The van der Waals surface area contributed by atoms with Crippen LogP contribution in [-0.2, 0) is 4.79 Å². The minimum absolute atomic E-state index is 0.0595. The second-order valence-electron chi connectivity index (χ2n) is 5.69. The Morgan fingerprint density at radius 3 is 2.12 bits per heavy atom. The Bertz CT molecular complexity index is 234. The van der Waals surface area contributed by atoms with Crippen molar-refractivity contribution in [3.8, 4) is 0 Å². The van der Waals surface area contributed by atoms with Gasteiger partial charge in [0.05, 0.1) is 4.83 Å². The molecule has 1 unspecified atom stereocenters. The molecule has 0 aromatic rings. The van der Waals surface area contributed by atoms with E-state index in [9.17, 15) is 4.79 Å². The van der Waals surface area contributed by atoms with E-state index in [1.54, 1.807) is 0 Å². The van der Waals surface area contributed by atoms with Crippen molar-refractivity contribution >= 4 is 21.8 Å². The van der Waals surface area contributed by atoms with Gasteiger partial charge in [-0.05, 0) is 31.6 Å². The van der Waals surface area contributed by atoms with Gasteiger partial charge < -0.3 is 5.32 Å². The number of hydrogen-bond acceptors (Lipinski definition) is 1. The zero-order chi connectivity index (χ0) is 12.8. The first-order valence-electron chi connectivity index (χ1n) is 6.96. The Hall–Kier alpha value is -0.0500. The molecule has 1 fully saturated rings. The van der Waals surface area contributed by atoms with Gasteiger partial charge >= 0.3 is 0 Å². The summed E-state index contributed by atoms with van der Waals surface area (Å²) in [5.74, 6) is 1.17.